The molecule has 4 aliphatic carbocycles. The minimum absolute atomic E-state index is 0.0377. The summed E-state index contributed by atoms with van der Waals surface area (Å²) in [5.74, 6) is 4.57. The summed E-state index contributed by atoms with van der Waals surface area (Å²) in [6.07, 6.45) is 19.5. The zero-order valence-electron chi connectivity index (χ0n) is 36.8. The fraction of sp³-hybridized carbons (Fsp3) is 0.891. The third kappa shape index (κ3) is 10.9. The van der Waals surface area contributed by atoms with Crippen molar-refractivity contribution in [3.8, 4) is 6.07 Å². The normalized spacial score (nSPS) is 33.2. The maximum atomic E-state index is 13.2. The molecule has 3 saturated carbocycles. The van der Waals surface area contributed by atoms with Gasteiger partial charge in [0, 0.05) is 50.5 Å². The Bertz CT molecular complexity index is 1360. The molecule has 318 valence electrons. The van der Waals surface area contributed by atoms with Crippen molar-refractivity contribution in [3.05, 3.63) is 11.6 Å². The summed E-state index contributed by atoms with van der Waals surface area (Å²) in [6, 6.07) is 2.63. The van der Waals surface area contributed by atoms with Gasteiger partial charge in [-0.3, -0.25) is 4.79 Å². The summed E-state index contributed by atoms with van der Waals surface area (Å²) in [6.45, 7) is 22.8. The van der Waals surface area contributed by atoms with Crippen LogP contribution in [0.4, 0.5) is 4.79 Å². The van der Waals surface area contributed by atoms with Crippen molar-refractivity contribution in [1.82, 2.24) is 14.9 Å². The smallest absolute Gasteiger partial charge is 0.407 e. The number of carbonyl (C=O) groups excluding carboxylic acids is 2. The Hall–Kier alpha value is -1.72. The number of carbonyl (C=O) groups is 2. The molecule has 0 radical (unpaired) electrons. The highest BCUT2D eigenvalue weighted by Gasteiger charge is 2.58. The molecule has 10 atom stereocenters. The number of nitrogens with one attached hydrogen (secondary N) is 1. The van der Waals surface area contributed by atoms with Crippen LogP contribution < -0.4 is 5.32 Å². The summed E-state index contributed by atoms with van der Waals surface area (Å²) < 4.78 is 20.9. The molecule has 10 heteroatoms. The molecule has 1 N–H and O–H groups in total. The zero-order chi connectivity index (χ0) is 40.6. The van der Waals surface area contributed by atoms with Gasteiger partial charge in [-0.2, -0.15) is 5.26 Å². The van der Waals surface area contributed by atoms with Crippen molar-refractivity contribution in [2.45, 2.75) is 189 Å². The van der Waals surface area contributed by atoms with Crippen LogP contribution in [-0.2, 0) is 18.6 Å². The molecule has 1 saturated heterocycles. The van der Waals surface area contributed by atoms with E-state index in [-0.39, 0.29) is 47.6 Å². The molecule has 0 aromatic rings. The van der Waals surface area contributed by atoms with Crippen LogP contribution in [0.3, 0.4) is 0 Å². The number of likely N-dealkylation sites (tertiary alicyclic amines) is 1. The third-order valence-electron chi connectivity index (χ3n) is 15.0. The van der Waals surface area contributed by atoms with Gasteiger partial charge in [0.05, 0.1) is 25.2 Å². The minimum atomic E-state index is -1.34. The van der Waals surface area contributed by atoms with Crippen LogP contribution in [0, 0.1) is 57.7 Å². The quantitative estimate of drug-likeness (QED) is 0.0788. The van der Waals surface area contributed by atoms with E-state index in [1.807, 2.05) is 4.90 Å². The SMILES string of the molecule is CC(C)CCCC1CCC2C3CC=C4C[C@@H](OC(=O)NCCCCCC(=O)N5CC(C)C(OP(OCCC#N)N(C(C)C)C(C)C)C5)CC[C@]4(C)C3CC[C@]12C. The molecule has 56 heavy (non-hydrogen) atoms. The number of nitrogens with zero attached hydrogens (tertiary/aromatic N) is 3. The van der Waals surface area contributed by atoms with Crippen molar-refractivity contribution in [3.63, 3.8) is 0 Å². The molecule has 0 aromatic carbocycles. The van der Waals surface area contributed by atoms with Crippen molar-refractivity contribution < 1.29 is 23.4 Å². The van der Waals surface area contributed by atoms with Gasteiger partial charge in [0.2, 0.25) is 5.91 Å². The fourth-order valence-electron chi connectivity index (χ4n) is 11.9. The summed E-state index contributed by atoms with van der Waals surface area (Å²) in [4.78, 5) is 28.0. The van der Waals surface area contributed by atoms with Crippen LogP contribution in [0.5, 0.6) is 0 Å². The molecule has 5 aliphatic rings. The number of allylic oxidation sites excluding steroid dienone is 1. The predicted molar refractivity (Wildman–Crippen MR) is 226 cm³/mol. The van der Waals surface area contributed by atoms with Gasteiger partial charge in [0.15, 0.2) is 0 Å². The Kier molecular flexibility index (Phi) is 16.6. The van der Waals surface area contributed by atoms with Gasteiger partial charge in [-0.25, -0.2) is 9.46 Å². The highest BCUT2D eigenvalue weighted by atomic mass is 31.2. The van der Waals surface area contributed by atoms with Crippen LogP contribution in [0.2, 0.25) is 0 Å². The number of hydrogen-bond acceptors (Lipinski definition) is 7. The molecular formula is C46H79N4O5P. The average molecular weight is 799 g/mol. The topological polar surface area (TPSA) is 104 Å². The summed E-state index contributed by atoms with van der Waals surface area (Å²) in [5, 5.41) is 12.0. The number of alkyl carbamates (subject to hydrolysis) is 1. The van der Waals surface area contributed by atoms with Gasteiger partial charge >= 0.3 is 6.09 Å². The third-order valence-corrected chi connectivity index (χ3v) is 17.1. The van der Waals surface area contributed by atoms with Gasteiger partial charge in [-0.1, -0.05) is 65.5 Å². The monoisotopic (exact) mass is 799 g/mol. The van der Waals surface area contributed by atoms with E-state index in [1.54, 1.807) is 5.57 Å². The largest absolute Gasteiger partial charge is 0.446 e. The zero-order valence-corrected chi connectivity index (χ0v) is 37.7. The molecule has 4 fully saturated rings. The number of amides is 2. The first-order valence-corrected chi connectivity index (χ1v) is 24.0. The lowest BCUT2D eigenvalue weighted by Gasteiger charge is -2.58. The van der Waals surface area contributed by atoms with E-state index in [9.17, 15) is 9.59 Å². The number of fused-ring (bicyclic) bond motifs is 5. The maximum Gasteiger partial charge on any atom is 0.407 e. The van der Waals surface area contributed by atoms with Gasteiger partial charge in [0.1, 0.15) is 6.10 Å². The molecule has 7 unspecified atom stereocenters. The first kappa shape index (κ1) is 45.4. The molecule has 5 rings (SSSR count). The van der Waals surface area contributed by atoms with Gasteiger partial charge in [-0.05, 0) is 132 Å². The van der Waals surface area contributed by atoms with E-state index in [1.165, 1.54) is 51.4 Å². The van der Waals surface area contributed by atoms with Crippen molar-refractivity contribution in [2.75, 3.05) is 26.2 Å². The number of nitriles is 1. The number of ether oxygens (including phenoxy) is 1. The Morgan fingerprint density at radius 2 is 1.77 bits per heavy atom. The summed E-state index contributed by atoms with van der Waals surface area (Å²) in [7, 11) is -1.34. The Morgan fingerprint density at radius 3 is 2.48 bits per heavy atom. The number of unbranched alkanes of at least 4 members (excludes halogenated alkanes) is 2. The van der Waals surface area contributed by atoms with E-state index >= 15 is 0 Å². The van der Waals surface area contributed by atoms with Crippen LogP contribution in [-0.4, -0.2) is 72.1 Å². The van der Waals surface area contributed by atoms with Crippen LogP contribution in [0.25, 0.3) is 0 Å². The summed E-state index contributed by atoms with van der Waals surface area (Å²) >= 11 is 0. The van der Waals surface area contributed by atoms with Crippen molar-refractivity contribution in [2.24, 2.45) is 46.3 Å². The van der Waals surface area contributed by atoms with Crippen LogP contribution in [0.15, 0.2) is 11.6 Å². The van der Waals surface area contributed by atoms with Crippen LogP contribution >= 0.6 is 8.53 Å². The predicted octanol–water partition coefficient (Wildman–Crippen LogP) is 11.2. The summed E-state index contributed by atoms with van der Waals surface area (Å²) in [5.41, 5.74) is 2.35. The van der Waals surface area contributed by atoms with Gasteiger partial charge < -0.3 is 24.0 Å². The Balaban J connectivity index is 0.991. The Morgan fingerprint density at radius 1 is 1.00 bits per heavy atom. The lowest BCUT2D eigenvalue weighted by molar-refractivity contribution is -0.130. The van der Waals surface area contributed by atoms with E-state index in [0.717, 1.165) is 68.1 Å². The molecule has 1 aliphatic heterocycles. The van der Waals surface area contributed by atoms with Gasteiger partial charge in [0.25, 0.3) is 8.53 Å². The highest BCUT2D eigenvalue weighted by Crippen LogP contribution is 2.67. The molecule has 9 nitrogen and oxygen atoms in total. The van der Waals surface area contributed by atoms with E-state index in [0.29, 0.717) is 44.5 Å². The first-order chi connectivity index (χ1) is 26.7. The lowest BCUT2D eigenvalue weighted by atomic mass is 9.47. The molecular weight excluding hydrogens is 720 g/mol. The molecule has 0 bridgehead atoms. The lowest BCUT2D eigenvalue weighted by Crippen LogP contribution is -2.50. The molecule has 0 aromatic heterocycles. The molecule has 2 amide bonds. The second kappa shape index (κ2) is 20.5. The van der Waals surface area contributed by atoms with Crippen molar-refractivity contribution >= 4 is 20.5 Å². The first-order valence-electron chi connectivity index (χ1n) is 22.8. The fourth-order valence-corrected chi connectivity index (χ4v) is 13.7. The maximum absolute atomic E-state index is 13.2. The van der Waals surface area contributed by atoms with Crippen molar-refractivity contribution in [1.29, 1.82) is 5.26 Å². The molecule has 1 heterocycles. The molecule has 0 spiro atoms. The van der Waals surface area contributed by atoms with E-state index < -0.39 is 8.53 Å². The van der Waals surface area contributed by atoms with E-state index in [2.05, 4.69) is 84.4 Å². The van der Waals surface area contributed by atoms with Gasteiger partial charge in [-0.15, -0.1) is 0 Å². The standard InChI is InChI=1S/C46H79N4O5P/c1-32(2)15-13-16-36-19-21-40-39-20-18-37-29-38(22-24-46(37,9)41(39)23-25-45(36,40)8)54-44(52)48-27-12-10-11-17-43(51)49-30-35(7)42(31-49)55-56(53-28-14-26-47)50(33(3)4)34(5)6/h18,32-36,38-42H,10-17,19-25,27-31H2,1-9H3,(H,48,52)/t35?,36?,38-,39?,40?,41?,42?,45+,46-,56?/m0/s1. The van der Waals surface area contributed by atoms with E-state index in [4.69, 9.17) is 19.0 Å². The highest BCUT2D eigenvalue weighted by molar-refractivity contribution is 7.44. The second-order valence-electron chi connectivity index (χ2n) is 19.9. The van der Waals surface area contributed by atoms with Crippen LogP contribution in [0.1, 0.15) is 165 Å². The Labute approximate surface area is 342 Å². The number of rotatable bonds is 19. The number of hydrogen-bond donors (Lipinski definition) is 1. The minimum Gasteiger partial charge on any atom is -0.446 e. The second-order valence-corrected chi connectivity index (χ2v) is 21.3. The average Bonchev–Trinajstić information content (AvgIpc) is 3.67.